The third kappa shape index (κ3) is 6.80. The summed E-state index contributed by atoms with van der Waals surface area (Å²) in [7, 11) is 0. The van der Waals surface area contributed by atoms with Gasteiger partial charge in [0.05, 0.1) is 0 Å². The van der Waals surface area contributed by atoms with E-state index < -0.39 is 0 Å². The molecule has 0 aromatic heterocycles. The van der Waals surface area contributed by atoms with Crippen molar-refractivity contribution in [3.05, 3.63) is 202 Å². The summed E-state index contributed by atoms with van der Waals surface area (Å²) in [6.07, 6.45) is 2.06. The summed E-state index contributed by atoms with van der Waals surface area (Å²) in [6, 6.07) is 60.9. The maximum atomic E-state index is 2.56. The molecule has 0 atom stereocenters. The van der Waals surface area contributed by atoms with Gasteiger partial charge in [-0.15, -0.1) is 0 Å². The first-order chi connectivity index (χ1) is 31.7. The van der Waals surface area contributed by atoms with Crippen molar-refractivity contribution in [1.82, 2.24) is 0 Å². The second kappa shape index (κ2) is 14.8. The lowest BCUT2D eigenvalue weighted by atomic mass is 9.71. The molecule has 8 aromatic carbocycles. The Hall–Kier alpha value is -6.38. The van der Waals surface area contributed by atoms with Crippen molar-refractivity contribution in [3.63, 3.8) is 0 Å². The van der Waals surface area contributed by atoms with Gasteiger partial charge >= 0.3 is 0 Å². The molecule has 8 aromatic rings. The number of aryl methyl sites for hydroxylation is 1. The summed E-state index contributed by atoms with van der Waals surface area (Å²) >= 11 is 0. The molecule has 0 spiro atoms. The molecule has 0 radical (unpaired) electrons. The van der Waals surface area contributed by atoms with Gasteiger partial charge in [0.25, 0.3) is 0 Å². The van der Waals surface area contributed by atoms with Crippen LogP contribution in [0.15, 0.2) is 158 Å². The van der Waals surface area contributed by atoms with E-state index >= 15 is 0 Å². The zero-order valence-electron chi connectivity index (χ0n) is 41.8. The highest BCUT2D eigenvalue weighted by Gasteiger charge is 2.39. The van der Waals surface area contributed by atoms with E-state index in [9.17, 15) is 0 Å². The number of fused-ring (bicyclic) bond motifs is 6. The fourth-order valence-corrected chi connectivity index (χ4v) is 12.0. The summed E-state index contributed by atoms with van der Waals surface area (Å²) in [5.74, 6) is 0. The van der Waals surface area contributed by atoms with Crippen LogP contribution in [-0.2, 0) is 33.5 Å². The molecule has 0 saturated carbocycles. The van der Waals surface area contributed by atoms with Crippen molar-refractivity contribution in [2.24, 2.45) is 0 Å². The fraction of sp³-hybridized carbons (Fsp3) is 0.292. The normalized spacial score (nSPS) is 16.0. The van der Waals surface area contributed by atoms with E-state index in [2.05, 4.69) is 251 Å². The van der Waals surface area contributed by atoms with Crippen molar-refractivity contribution in [1.29, 1.82) is 0 Å². The third-order valence-corrected chi connectivity index (χ3v) is 16.0. The molecule has 0 aliphatic heterocycles. The third-order valence-electron chi connectivity index (χ3n) is 16.0. The van der Waals surface area contributed by atoms with E-state index in [1.54, 1.807) is 0 Å². The summed E-state index contributed by atoms with van der Waals surface area (Å²) < 4.78 is 0. The molecule has 3 aliphatic rings. The van der Waals surface area contributed by atoms with Gasteiger partial charge in [0.2, 0.25) is 0 Å². The highest BCUT2D eigenvalue weighted by atomic mass is 15.2. The van der Waals surface area contributed by atoms with E-state index in [1.807, 2.05) is 0 Å². The molecule has 0 amide bonds. The lowest BCUT2D eigenvalue weighted by Gasteiger charge is -2.38. The van der Waals surface area contributed by atoms with E-state index in [4.69, 9.17) is 0 Å². The average molecular weight is 875 g/mol. The fourth-order valence-electron chi connectivity index (χ4n) is 12.0. The van der Waals surface area contributed by atoms with Crippen molar-refractivity contribution in [3.8, 4) is 22.3 Å². The molecule has 0 saturated heterocycles. The minimum Gasteiger partial charge on any atom is -0.310 e. The van der Waals surface area contributed by atoms with E-state index in [1.165, 1.54) is 112 Å². The Bertz CT molecular complexity index is 3270. The van der Waals surface area contributed by atoms with Crippen LogP contribution in [0.2, 0.25) is 0 Å². The van der Waals surface area contributed by atoms with Gasteiger partial charge in [0.1, 0.15) is 0 Å². The molecule has 11 rings (SSSR count). The Morgan fingerprint density at radius 1 is 0.388 bits per heavy atom. The Morgan fingerprint density at radius 3 is 1.33 bits per heavy atom. The number of hydrogen-bond donors (Lipinski definition) is 0. The van der Waals surface area contributed by atoms with Crippen LogP contribution in [0.1, 0.15) is 134 Å². The molecule has 0 N–H and O–H groups in total. The minimum absolute atomic E-state index is 0.0359. The van der Waals surface area contributed by atoms with Crippen molar-refractivity contribution in [2.45, 2.75) is 123 Å². The Labute approximate surface area is 400 Å². The molecule has 3 aliphatic carbocycles. The van der Waals surface area contributed by atoms with Crippen LogP contribution in [0.4, 0.5) is 34.1 Å². The van der Waals surface area contributed by atoms with Crippen LogP contribution in [0, 0.1) is 0 Å². The Balaban J connectivity index is 1.11. The van der Waals surface area contributed by atoms with Crippen LogP contribution in [-0.4, -0.2) is 0 Å². The smallest absolute Gasteiger partial charge is 0.0500 e. The maximum Gasteiger partial charge on any atom is 0.0500 e. The monoisotopic (exact) mass is 875 g/mol. The first kappa shape index (κ1) is 43.2. The number of rotatable bonds is 6. The van der Waals surface area contributed by atoms with Crippen LogP contribution in [0.5, 0.6) is 0 Å². The zero-order chi connectivity index (χ0) is 47.0. The number of hydrogen-bond acceptors (Lipinski definition) is 2. The lowest BCUT2D eigenvalue weighted by Crippen LogP contribution is -2.25. The molecule has 0 unspecified atom stereocenters. The first-order valence-electron chi connectivity index (χ1n) is 24.6. The summed E-state index contributed by atoms with van der Waals surface area (Å²) in [5, 5.41) is 2.69. The number of anilines is 6. The first-order valence-corrected chi connectivity index (χ1v) is 24.6. The van der Waals surface area contributed by atoms with Gasteiger partial charge in [-0.3, -0.25) is 0 Å². The van der Waals surface area contributed by atoms with Gasteiger partial charge in [-0.2, -0.15) is 0 Å². The van der Waals surface area contributed by atoms with E-state index in [0.29, 0.717) is 0 Å². The molecule has 2 nitrogen and oxygen atoms in total. The summed E-state index contributed by atoms with van der Waals surface area (Å²) in [6.45, 7) is 28.3. The van der Waals surface area contributed by atoms with Gasteiger partial charge in [-0.25, -0.2) is 0 Å². The Kier molecular flexibility index (Phi) is 9.55. The van der Waals surface area contributed by atoms with Gasteiger partial charge in [0.15, 0.2) is 0 Å². The minimum atomic E-state index is -0.107. The topological polar surface area (TPSA) is 6.48 Å². The van der Waals surface area contributed by atoms with Crippen LogP contribution in [0.3, 0.4) is 0 Å². The highest BCUT2D eigenvalue weighted by molar-refractivity contribution is 6.00. The van der Waals surface area contributed by atoms with Gasteiger partial charge in [-0.1, -0.05) is 174 Å². The molecule has 336 valence electrons. The van der Waals surface area contributed by atoms with Crippen molar-refractivity contribution >= 4 is 44.9 Å². The van der Waals surface area contributed by atoms with Crippen molar-refractivity contribution in [2.75, 3.05) is 9.80 Å². The summed E-state index contributed by atoms with van der Waals surface area (Å²) in [4.78, 5) is 5.08. The van der Waals surface area contributed by atoms with Gasteiger partial charge in [-0.05, 0) is 173 Å². The Morgan fingerprint density at radius 2 is 0.821 bits per heavy atom. The SMILES string of the molecule is CC(C)(C)c1ccc(N(c2ccc3c(c2)C(C)(C)c2ccccc2-3)c2cc3c4c(c(N(c5ccc(C(C)(C)C)cc5)c5ccc6c(c5)C(C)(C)c5ccccc5-6)ccc4c2)CCC3(C)C)cc1. The molecule has 0 fully saturated rings. The molecule has 0 bridgehead atoms. The van der Waals surface area contributed by atoms with E-state index in [-0.39, 0.29) is 27.1 Å². The summed E-state index contributed by atoms with van der Waals surface area (Å²) in [5.41, 5.74) is 23.6. The zero-order valence-corrected chi connectivity index (χ0v) is 41.8. The highest BCUT2D eigenvalue weighted by Crippen LogP contribution is 2.55. The second-order valence-electron chi connectivity index (χ2n) is 23.6. The molecular weight excluding hydrogens is 809 g/mol. The molecule has 2 heteroatoms. The number of nitrogens with zero attached hydrogens (tertiary/aromatic N) is 2. The lowest BCUT2D eigenvalue weighted by molar-refractivity contribution is 0.475. The van der Waals surface area contributed by atoms with E-state index in [0.717, 1.165) is 12.8 Å². The predicted octanol–water partition coefficient (Wildman–Crippen LogP) is 18.2. The van der Waals surface area contributed by atoms with Crippen LogP contribution < -0.4 is 9.80 Å². The predicted molar refractivity (Wildman–Crippen MR) is 287 cm³/mol. The largest absolute Gasteiger partial charge is 0.310 e. The number of benzene rings is 8. The standard InChI is InChI=1S/C65H66N2/c1-61(2,3)42-22-26-44(27-23-42)66(46-30-32-51-49-17-13-15-19-54(49)64(9,10)56(51)38-46)48-37-41-21-34-59(53-35-36-63(7,8)58(40-48)60(41)53)67(45-28-24-43(25-29-45)62(4,5)6)47-31-33-52-50-18-14-16-20-55(50)65(11,12)57(52)39-47/h13-34,37-40H,35-36H2,1-12H3. The maximum absolute atomic E-state index is 2.56. The van der Waals surface area contributed by atoms with Crippen LogP contribution >= 0.6 is 0 Å². The van der Waals surface area contributed by atoms with Gasteiger partial charge < -0.3 is 9.80 Å². The van der Waals surface area contributed by atoms with Crippen molar-refractivity contribution < 1.29 is 0 Å². The molecular formula is C65H66N2. The molecule has 0 heterocycles. The van der Waals surface area contributed by atoms with Crippen LogP contribution in [0.25, 0.3) is 33.0 Å². The molecule has 67 heavy (non-hydrogen) atoms. The quantitative estimate of drug-likeness (QED) is 0.164. The van der Waals surface area contributed by atoms with Gasteiger partial charge in [0, 0.05) is 45.0 Å². The average Bonchev–Trinajstić information content (AvgIpc) is 3.67. The second-order valence-corrected chi connectivity index (χ2v) is 23.6.